The monoisotopic (exact) mass is 389 g/mol. The normalized spacial score (nSPS) is 16.2. The first-order chi connectivity index (χ1) is 13.0. The molecule has 1 N–H and O–H groups in total. The Hall–Kier alpha value is -2.25. The Morgan fingerprint density at radius 3 is 2.44 bits per heavy atom. The maximum atomic E-state index is 13.7. The second-order valence-corrected chi connectivity index (χ2v) is 8.07. The van der Waals surface area contributed by atoms with Gasteiger partial charge in [-0.25, -0.2) is 13.0 Å². The third-order valence-corrected chi connectivity index (χ3v) is 6.24. The molecule has 4 nitrogen and oxygen atoms in total. The summed E-state index contributed by atoms with van der Waals surface area (Å²) in [6.45, 7) is 5.37. The van der Waals surface area contributed by atoms with Gasteiger partial charge in [-0.1, -0.05) is 17.7 Å². The highest BCUT2D eigenvalue weighted by Gasteiger charge is 2.21. The molecule has 142 valence electrons. The van der Waals surface area contributed by atoms with Crippen molar-refractivity contribution < 1.29 is 13.0 Å². The van der Waals surface area contributed by atoms with E-state index >= 15 is 0 Å². The summed E-state index contributed by atoms with van der Waals surface area (Å²) in [4.78, 5) is 2.77. The van der Waals surface area contributed by atoms with Crippen molar-refractivity contribution in [2.24, 2.45) is 0 Å². The fraction of sp³-hybridized carbons (Fsp3) is 0.300. The standard InChI is InChI=1S/C20H21F2N3OS/c1-14-2-5-16(6-3-14)27(26)25-13-18(20(21)22)17-12-15(4-7-19(17)25)24-10-8-23-9-11-24/h2-7,12-13,20,23H,8-11H2,1H3. The molecule has 2 heterocycles. The van der Waals surface area contributed by atoms with Crippen LogP contribution in [0.2, 0.25) is 0 Å². The first-order valence-electron chi connectivity index (χ1n) is 8.92. The van der Waals surface area contributed by atoms with Crippen LogP contribution in [0.3, 0.4) is 0 Å². The molecule has 1 atom stereocenters. The lowest BCUT2D eigenvalue weighted by atomic mass is 10.1. The molecule has 0 bridgehead atoms. The van der Waals surface area contributed by atoms with Gasteiger partial charge in [0.25, 0.3) is 6.43 Å². The molecule has 0 spiro atoms. The van der Waals surface area contributed by atoms with Crippen molar-refractivity contribution in [1.82, 2.24) is 9.29 Å². The molecule has 1 saturated heterocycles. The van der Waals surface area contributed by atoms with Crippen LogP contribution in [0.15, 0.2) is 53.6 Å². The second-order valence-electron chi connectivity index (χ2n) is 6.71. The maximum absolute atomic E-state index is 13.7. The lowest BCUT2D eigenvalue weighted by molar-refractivity contribution is 0.153. The minimum absolute atomic E-state index is 0.0811. The van der Waals surface area contributed by atoms with Crippen LogP contribution in [0.25, 0.3) is 10.9 Å². The Morgan fingerprint density at radius 1 is 1.07 bits per heavy atom. The van der Waals surface area contributed by atoms with Crippen LogP contribution in [0.1, 0.15) is 17.6 Å². The number of fused-ring (bicyclic) bond motifs is 1. The van der Waals surface area contributed by atoms with Crippen LogP contribution in [-0.4, -0.2) is 34.4 Å². The van der Waals surface area contributed by atoms with Gasteiger partial charge in [-0.15, -0.1) is 0 Å². The van der Waals surface area contributed by atoms with Gasteiger partial charge in [0.15, 0.2) is 11.0 Å². The molecule has 0 amide bonds. The first kappa shape index (κ1) is 18.1. The van der Waals surface area contributed by atoms with Crippen molar-refractivity contribution in [1.29, 1.82) is 0 Å². The summed E-state index contributed by atoms with van der Waals surface area (Å²) in [5.74, 6) is 0. The van der Waals surface area contributed by atoms with Gasteiger partial charge in [-0.3, -0.25) is 3.97 Å². The van der Waals surface area contributed by atoms with E-state index in [1.54, 1.807) is 24.3 Å². The fourth-order valence-corrected chi connectivity index (χ4v) is 4.56. The summed E-state index contributed by atoms with van der Waals surface area (Å²) in [5, 5.41) is 3.75. The minimum Gasteiger partial charge on any atom is -0.369 e. The largest absolute Gasteiger partial charge is 0.369 e. The van der Waals surface area contributed by atoms with E-state index in [0.717, 1.165) is 37.4 Å². The average molecular weight is 389 g/mol. The number of nitrogens with one attached hydrogen (secondary N) is 1. The highest BCUT2D eigenvalue weighted by molar-refractivity contribution is 7.83. The average Bonchev–Trinajstić information content (AvgIpc) is 3.08. The predicted molar refractivity (Wildman–Crippen MR) is 105 cm³/mol. The number of benzene rings is 2. The van der Waals surface area contributed by atoms with Gasteiger partial charge in [0, 0.05) is 49.0 Å². The molecule has 1 aliphatic heterocycles. The van der Waals surface area contributed by atoms with Crippen molar-refractivity contribution in [3.63, 3.8) is 0 Å². The highest BCUT2D eigenvalue weighted by Crippen LogP contribution is 2.34. The van der Waals surface area contributed by atoms with Crippen molar-refractivity contribution in [2.45, 2.75) is 18.2 Å². The van der Waals surface area contributed by atoms with Crippen LogP contribution in [-0.2, 0) is 11.0 Å². The molecule has 1 unspecified atom stereocenters. The van der Waals surface area contributed by atoms with Crippen molar-refractivity contribution >= 4 is 27.6 Å². The van der Waals surface area contributed by atoms with Gasteiger partial charge in [-0.2, -0.15) is 0 Å². The number of hydrogen-bond donors (Lipinski definition) is 1. The molecule has 3 aromatic rings. The molecule has 4 rings (SSSR count). The Morgan fingerprint density at radius 2 is 1.78 bits per heavy atom. The number of halogens is 2. The molecular formula is C20H21F2N3OS. The molecule has 27 heavy (non-hydrogen) atoms. The first-order valence-corrected chi connectivity index (χ1v) is 10.0. The van der Waals surface area contributed by atoms with Gasteiger partial charge < -0.3 is 10.2 Å². The van der Waals surface area contributed by atoms with E-state index in [0.29, 0.717) is 15.8 Å². The van der Waals surface area contributed by atoms with Gasteiger partial charge in [0.2, 0.25) is 0 Å². The van der Waals surface area contributed by atoms with Crippen molar-refractivity contribution in [2.75, 3.05) is 31.1 Å². The number of rotatable bonds is 4. The zero-order chi connectivity index (χ0) is 19.0. The molecule has 0 aliphatic carbocycles. The van der Waals surface area contributed by atoms with Crippen LogP contribution in [0, 0.1) is 6.92 Å². The Kier molecular flexibility index (Phi) is 4.97. The third-order valence-electron chi connectivity index (χ3n) is 4.90. The van der Waals surface area contributed by atoms with E-state index in [9.17, 15) is 13.0 Å². The molecule has 1 aromatic heterocycles. The topological polar surface area (TPSA) is 37.3 Å². The number of anilines is 1. The summed E-state index contributed by atoms with van der Waals surface area (Å²) < 4.78 is 41.8. The summed E-state index contributed by atoms with van der Waals surface area (Å²) in [7, 11) is -1.58. The van der Waals surface area contributed by atoms with Crippen LogP contribution < -0.4 is 10.2 Å². The van der Waals surface area contributed by atoms with Gasteiger partial charge in [0.1, 0.15) is 0 Å². The zero-order valence-electron chi connectivity index (χ0n) is 15.0. The smallest absolute Gasteiger partial charge is 0.265 e. The number of alkyl halides is 2. The van der Waals surface area contributed by atoms with E-state index in [4.69, 9.17) is 0 Å². The molecule has 1 aliphatic rings. The Bertz CT molecular complexity index is 979. The van der Waals surface area contributed by atoms with Gasteiger partial charge in [0.05, 0.1) is 10.4 Å². The SMILES string of the molecule is Cc1ccc(S(=O)n2cc(C(F)F)c3cc(N4CCNCC4)ccc32)cc1. The third kappa shape index (κ3) is 3.49. The lowest BCUT2D eigenvalue weighted by Gasteiger charge is -2.29. The van der Waals surface area contributed by atoms with Gasteiger partial charge in [-0.05, 0) is 37.3 Å². The molecule has 1 fully saturated rings. The van der Waals surface area contributed by atoms with Crippen molar-refractivity contribution in [3.05, 3.63) is 59.8 Å². The molecule has 0 saturated carbocycles. The summed E-state index contributed by atoms with van der Waals surface area (Å²) in [6, 6.07) is 12.8. The van der Waals surface area contributed by atoms with Crippen LogP contribution >= 0.6 is 0 Å². The van der Waals surface area contributed by atoms with E-state index in [1.165, 1.54) is 10.2 Å². The van der Waals surface area contributed by atoms with Crippen LogP contribution in [0.4, 0.5) is 14.5 Å². The van der Waals surface area contributed by atoms with E-state index < -0.39 is 17.4 Å². The van der Waals surface area contributed by atoms with Gasteiger partial charge >= 0.3 is 0 Å². The highest BCUT2D eigenvalue weighted by atomic mass is 32.2. The van der Waals surface area contributed by atoms with E-state index in [-0.39, 0.29) is 5.56 Å². The van der Waals surface area contributed by atoms with Crippen LogP contribution in [0.5, 0.6) is 0 Å². The molecule has 0 radical (unpaired) electrons. The Labute approximate surface area is 159 Å². The number of piperazine rings is 1. The summed E-state index contributed by atoms with van der Waals surface area (Å²) >= 11 is 0. The number of aromatic nitrogens is 1. The maximum Gasteiger partial charge on any atom is 0.265 e. The van der Waals surface area contributed by atoms with Crippen molar-refractivity contribution in [3.8, 4) is 0 Å². The predicted octanol–water partition coefficient (Wildman–Crippen LogP) is 3.87. The second kappa shape index (κ2) is 7.40. The molecular weight excluding hydrogens is 368 g/mol. The Balaban J connectivity index is 1.79. The molecule has 7 heteroatoms. The quantitative estimate of drug-likeness (QED) is 0.736. The summed E-state index contributed by atoms with van der Waals surface area (Å²) in [5.41, 5.74) is 2.46. The molecule has 2 aromatic carbocycles. The fourth-order valence-electron chi connectivity index (χ4n) is 3.41. The number of nitrogens with zero attached hydrogens (tertiary/aromatic N) is 2. The number of aryl methyl sites for hydroxylation is 1. The van der Waals surface area contributed by atoms with E-state index in [2.05, 4.69) is 10.2 Å². The van der Waals surface area contributed by atoms with E-state index in [1.807, 2.05) is 25.1 Å². The zero-order valence-corrected chi connectivity index (χ0v) is 15.8. The minimum atomic E-state index is -2.62. The number of hydrogen-bond acceptors (Lipinski definition) is 3. The lowest BCUT2D eigenvalue weighted by Crippen LogP contribution is -2.43. The summed E-state index contributed by atoms with van der Waals surface area (Å²) in [6.07, 6.45) is -1.30.